The van der Waals surface area contributed by atoms with Crippen LogP contribution in [0.15, 0.2) is 23.3 Å². The van der Waals surface area contributed by atoms with Crippen molar-refractivity contribution >= 4 is 0 Å². The molecule has 0 saturated carbocycles. The van der Waals surface area contributed by atoms with E-state index in [1.807, 2.05) is 0 Å². The third kappa shape index (κ3) is 1.48. The van der Waals surface area contributed by atoms with E-state index in [2.05, 4.69) is 26.0 Å². The number of hydrogen-bond donors (Lipinski definition) is 1. The van der Waals surface area contributed by atoms with Crippen molar-refractivity contribution in [2.24, 2.45) is 11.7 Å². The van der Waals surface area contributed by atoms with E-state index in [-0.39, 0.29) is 0 Å². The fourth-order valence-electron chi connectivity index (χ4n) is 1.19. The van der Waals surface area contributed by atoms with Crippen LogP contribution in [0.3, 0.4) is 0 Å². The lowest BCUT2D eigenvalue weighted by Crippen LogP contribution is -2.10. The molecule has 1 rings (SSSR count). The van der Waals surface area contributed by atoms with Gasteiger partial charge in [0.25, 0.3) is 0 Å². The molecule has 0 bridgehead atoms. The summed E-state index contributed by atoms with van der Waals surface area (Å²) in [5.74, 6) is 0.698. The summed E-state index contributed by atoms with van der Waals surface area (Å²) in [5, 5.41) is 0. The van der Waals surface area contributed by atoms with E-state index in [1.165, 1.54) is 11.1 Å². The normalized spacial score (nSPS) is 25.7. The predicted octanol–water partition coefficient (Wildman–Crippen LogP) is 1.86. The van der Waals surface area contributed by atoms with Gasteiger partial charge in [-0.1, -0.05) is 30.2 Å². The molecule has 1 aliphatic rings. The summed E-state index contributed by atoms with van der Waals surface area (Å²) >= 11 is 0. The zero-order valence-electron chi connectivity index (χ0n) is 6.72. The molecule has 0 aromatic rings. The summed E-state index contributed by atoms with van der Waals surface area (Å²) in [7, 11) is 0. The Morgan fingerprint density at radius 2 is 2.30 bits per heavy atom. The lowest BCUT2D eigenvalue weighted by Gasteiger charge is -2.17. The predicted molar refractivity (Wildman–Crippen MR) is 44.7 cm³/mol. The molecule has 0 aromatic heterocycles. The summed E-state index contributed by atoms with van der Waals surface area (Å²) in [4.78, 5) is 0. The number of allylic oxidation sites excluding steroid dienone is 3. The molecule has 1 heteroatoms. The van der Waals surface area contributed by atoms with Crippen LogP contribution < -0.4 is 5.73 Å². The Morgan fingerprint density at radius 1 is 1.60 bits per heavy atom. The van der Waals surface area contributed by atoms with Crippen LogP contribution in [0.4, 0.5) is 0 Å². The van der Waals surface area contributed by atoms with Crippen LogP contribution in [0.5, 0.6) is 0 Å². The van der Waals surface area contributed by atoms with Crippen molar-refractivity contribution in [2.75, 3.05) is 6.54 Å². The SMILES string of the molecule is CC1=CC=C(CN)CC1C. The molecule has 0 aliphatic heterocycles. The number of rotatable bonds is 1. The minimum atomic E-state index is 0.698. The van der Waals surface area contributed by atoms with E-state index in [0.29, 0.717) is 12.5 Å². The van der Waals surface area contributed by atoms with Crippen molar-refractivity contribution in [3.63, 3.8) is 0 Å². The molecule has 0 amide bonds. The first-order valence-corrected chi connectivity index (χ1v) is 3.80. The standard InChI is InChI=1S/C9H15N/c1-7-3-4-9(6-10)5-8(7)2/h3-4,8H,5-6,10H2,1-2H3. The minimum Gasteiger partial charge on any atom is -0.327 e. The largest absolute Gasteiger partial charge is 0.327 e. The molecule has 0 fully saturated rings. The van der Waals surface area contributed by atoms with Crippen molar-refractivity contribution in [1.82, 2.24) is 0 Å². The van der Waals surface area contributed by atoms with Gasteiger partial charge in [-0.15, -0.1) is 0 Å². The van der Waals surface area contributed by atoms with Gasteiger partial charge in [0.15, 0.2) is 0 Å². The highest BCUT2D eigenvalue weighted by atomic mass is 14.5. The highest BCUT2D eigenvalue weighted by Crippen LogP contribution is 2.23. The first-order valence-electron chi connectivity index (χ1n) is 3.80. The second-order valence-electron chi connectivity index (χ2n) is 3.04. The first-order chi connectivity index (χ1) is 4.74. The van der Waals surface area contributed by atoms with Crippen LogP contribution in [0, 0.1) is 5.92 Å². The van der Waals surface area contributed by atoms with E-state index in [1.54, 1.807) is 0 Å². The van der Waals surface area contributed by atoms with Crippen LogP contribution in [-0.4, -0.2) is 6.54 Å². The molecular weight excluding hydrogens is 122 g/mol. The minimum absolute atomic E-state index is 0.698. The van der Waals surface area contributed by atoms with Crippen LogP contribution in [0.2, 0.25) is 0 Å². The van der Waals surface area contributed by atoms with Gasteiger partial charge in [-0.2, -0.15) is 0 Å². The van der Waals surface area contributed by atoms with E-state index in [4.69, 9.17) is 5.73 Å². The van der Waals surface area contributed by atoms with Gasteiger partial charge in [-0.05, 0) is 19.3 Å². The van der Waals surface area contributed by atoms with Crippen molar-refractivity contribution < 1.29 is 0 Å². The van der Waals surface area contributed by atoms with Gasteiger partial charge >= 0.3 is 0 Å². The lowest BCUT2D eigenvalue weighted by atomic mass is 9.90. The van der Waals surface area contributed by atoms with Gasteiger partial charge in [0.05, 0.1) is 0 Å². The van der Waals surface area contributed by atoms with Crippen LogP contribution in [0.25, 0.3) is 0 Å². The highest BCUT2D eigenvalue weighted by Gasteiger charge is 2.09. The molecule has 0 spiro atoms. The van der Waals surface area contributed by atoms with Gasteiger partial charge in [0.1, 0.15) is 0 Å². The molecule has 0 aromatic carbocycles. The second kappa shape index (κ2) is 3.02. The van der Waals surface area contributed by atoms with Gasteiger partial charge in [-0.25, -0.2) is 0 Å². The quantitative estimate of drug-likeness (QED) is 0.586. The monoisotopic (exact) mass is 137 g/mol. The molecule has 1 nitrogen and oxygen atoms in total. The molecular formula is C9H15N. The molecule has 1 aliphatic carbocycles. The molecule has 2 N–H and O–H groups in total. The Morgan fingerprint density at radius 3 is 2.80 bits per heavy atom. The maximum atomic E-state index is 5.51. The van der Waals surface area contributed by atoms with Crippen LogP contribution >= 0.6 is 0 Å². The molecule has 1 unspecified atom stereocenters. The summed E-state index contributed by atoms with van der Waals surface area (Å²) < 4.78 is 0. The fourth-order valence-corrected chi connectivity index (χ4v) is 1.19. The van der Waals surface area contributed by atoms with Crippen molar-refractivity contribution in [3.8, 4) is 0 Å². The highest BCUT2D eigenvalue weighted by molar-refractivity contribution is 5.25. The zero-order chi connectivity index (χ0) is 7.56. The van der Waals surface area contributed by atoms with E-state index in [9.17, 15) is 0 Å². The Labute approximate surface area is 62.6 Å². The topological polar surface area (TPSA) is 26.0 Å². The van der Waals surface area contributed by atoms with Crippen molar-refractivity contribution in [2.45, 2.75) is 20.3 Å². The van der Waals surface area contributed by atoms with Crippen LogP contribution in [0.1, 0.15) is 20.3 Å². The number of nitrogens with two attached hydrogens (primary N) is 1. The molecule has 10 heavy (non-hydrogen) atoms. The van der Waals surface area contributed by atoms with Gasteiger partial charge in [-0.3, -0.25) is 0 Å². The lowest BCUT2D eigenvalue weighted by molar-refractivity contribution is 0.654. The summed E-state index contributed by atoms with van der Waals surface area (Å²) in [6, 6.07) is 0. The van der Waals surface area contributed by atoms with E-state index in [0.717, 1.165) is 6.42 Å². The van der Waals surface area contributed by atoms with Gasteiger partial charge in [0.2, 0.25) is 0 Å². The Hall–Kier alpha value is -0.560. The fraction of sp³-hybridized carbons (Fsp3) is 0.556. The Kier molecular flexibility index (Phi) is 2.28. The van der Waals surface area contributed by atoms with E-state index >= 15 is 0 Å². The number of hydrogen-bond acceptors (Lipinski definition) is 1. The van der Waals surface area contributed by atoms with Crippen LogP contribution in [-0.2, 0) is 0 Å². The first kappa shape index (κ1) is 7.55. The maximum Gasteiger partial charge on any atom is 0.0140 e. The smallest absolute Gasteiger partial charge is 0.0140 e. The van der Waals surface area contributed by atoms with Gasteiger partial charge in [0, 0.05) is 6.54 Å². The summed E-state index contributed by atoms with van der Waals surface area (Å²) in [6.07, 6.45) is 5.48. The Bertz CT molecular complexity index is 177. The maximum absolute atomic E-state index is 5.51. The summed E-state index contributed by atoms with van der Waals surface area (Å²) in [5.41, 5.74) is 8.36. The summed E-state index contributed by atoms with van der Waals surface area (Å²) in [6.45, 7) is 5.14. The van der Waals surface area contributed by atoms with E-state index < -0.39 is 0 Å². The third-order valence-electron chi connectivity index (χ3n) is 2.19. The van der Waals surface area contributed by atoms with Crippen molar-refractivity contribution in [3.05, 3.63) is 23.3 Å². The second-order valence-corrected chi connectivity index (χ2v) is 3.04. The molecule has 1 atom stereocenters. The van der Waals surface area contributed by atoms with Crippen molar-refractivity contribution in [1.29, 1.82) is 0 Å². The molecule has 56 valence electrons. The Balaban J connectivity index is 2.68. The zero-order valence-corrected chi connectivity index (χ0v) is 6.72. The molecule has 0 radical (unpaired) electrons. The average molecular weight is 137 g/mol. The average Bonchev–Trinajstić information content (AvgIpc) is 1.95. The third-order valence-corrected chi connectivity index (χ3v) is 2.19. The molecule has 0 heterocycles. The molecule has 0 saturated heterocycles. The van der Waals surface area contributed by atoms with Gasteiger partial charge < -0.3 is 5.73 Å².